The van der Waals surface area contributed by atoms with Crippen molar-refractivity contribution in [1.29, 1.82) is 0 Å². The molecule has 0 spiro atoms. The zero-order valence-corrected chi connectivity index (χ0v) is 11.3. The number of oxime groups is 1. The minimum atomic E-state index is -0.671. The largest absolute Gasteiger partial charge is 0.436 e. The van der Waals surface area contributed by atoms with E-state index in [2.05, 4.69) is 15.5 Å². The predicted molar refractivity (Wildman–Crippen MR) is 72.8 cm³/mol. The third kappa shape index (κ3) is 2.99. The predicted octanol–water partition coefficient (Wildman–Crippen LogP) is 1.78. The van der Waals surface area contributed by atoms with Gasteiger partial charge in [0.2, 0.25) is 5.76 Å². The van der Waals surface area contributed by atoms with Crippen LogP contribution in [0.4, 0.5) is 10.1 Å². The number of nitrogens with two attached hydrogens (primary N) is 1. The van der Waals surface area contributed by atoms with Crippen LogP contribution in [0.5, 0.6) is 0 Å². The molecule has 1 aromatic heterocycles. The van der Waals surface area contributed by atoms with E-state index in [-0.39, 0.29) is 17.0 Å². The second-order valence-electron chi connectivity index (χ2n) is 4.28. The Morgan fingerprint density at radius 2 is 2.19 bits per heavy atom. The van der Waals surface area contributed by atoms with Crippen molar-refractivity contribution >= 4 is 17.4 Å². The first-order chi connectivity index (χ1) is 9.92. The number of rotatable bonds is 3. The van der Waals surface area contributed by atoms with E-state index in [4.69, 9.17) is 15.4 Å². The van der Waals surface area contributed by atoms with Crippen molar-refractivity contribution < 1.29 is 18.8 Å². The second-order valence-corrected chi connectivity index (χ2v) is 4.28. The molecule has 0 fully saturated rings. The molecule has 1 heterocycles. The van der Waals surface area contributed by atoms with Crippen LogP contribution in [0.3, 0.4) is 0 Å². The van der Waals surface area contributed by atoms with Crippen molar-refractivity contribution in [3.63, 3.8) is 0 Å². The number of hydrogen-bond acceptors (Lipinski definition) is 5. The molecule has 0 saturated heterocycles. The molecule has 0 saturated carbocycles. The summed E-state index contributed by atoms with van der Waals surface area (Å²) in [7, 11) is 0. The highest BCUT2D eigenvalue weighted by Gasteiger charge is 2.17. The van der Waals surface area contributed by atoms with Crippen LogP contribution in [0.15, 0.2) is 27.8 Å². The average Bonchev–Trinajstić information content (AvgIpc) is 2.79. The van der Waals surface area contributed by atoms with Gasteiger partial charge in [-0.25, -0.2) is 9.37 Å². The lowest BCUT2D eigenvalue weighted by Crippen LogP contribution is -2.17. The van der Waals surface area contributed by atoms with Gasteiger partial charge >= 0.3 is 0 Å². The number of carbonyl (C=O) groups is 1. The van der Waals surface area contributed by atoms with Gasteiger partial charge in [-0.2, -0.15) is 0 Å². The van der Waals surface area contributed by atoms with Crippen molar-refractivity contribution in [2.75, 3.05) is 5.32 Å². The maximum atomic E-state index is 13.5. The van der Waals surface area contributed by atoms with E-state index < -0.39 is 17.6 Å². The smallest absolute Gasteiger partial charge is 0.293 e. The van der Waals surface area contributed by atoms with Crippen LogP contribution in [-0.2, 0) is 0 Å². The molecular weight excluding hydrogens is 279 g/mol. The highest BCUT2D eigenvalue weighted by atomic mass is 19.1. The summed E-state index contributed by atoms with van der Waals surface area (Å²) in [5.74, 6) is -1.15. The standard InChI is InChI=1S/C13H13FN4O3/c1-6-11(21-7(2)16-6)13(19)17-8-3-4-10(14)9(5-8)12(15)18-20/h3-5,20H,1-2H3,(H2,15,18)(H,17,19). The molecule has 0 radical (unpaired) electrons. The molecule has 0 unspecified atom stereocenters. The quantitative estimate of drug-likeness (QED) is 0.345. The van der Waals surface area contributed by atoms with Crippen LogP contribution < -0.4 is 11.1 Å². The third-order valence-corrected chi connectivity index (χ3v) is 2.72. The summed E-state index contributed by atoms with van der Waals surface area (Å²) >= 11 is 0. The Hall–Kier alpha value is -2.90. The molecule has 0 bridgehead atoms. The third-order valence-electron chi connectivity index (χ3n) is 2.72. The highest BCUT2D eigenvalue weighted by Crippen LogP contribution is 2.17. The van der Waals surface area contributed by atoms with Gasteiger partial charge in [0.05, 0.1) is 11.3 Å². The Kier molecular flexibility index (Phi) is 3.88. The molecule has 0 aliphatic carbocycles. The summed E-state index contributed by atoms with van der Waals surface area (Å²) in [6.45, 7) is 3.26. The topological polar surface area (TPSA) is 114 Å². The number of anilines is 1. The molecule has 0 atom stereocenters. The number of amidine groups is 1. The van der Waals surface area contributed by atoms with E-state index in [0.717, 1.165) is 6.07 Å². The summed E-state index contributed by atoms with van der Waals surface area (Å²) in [4.78, 5) is 16.0. The van der Waals surface area contributed by atoms with Gasteiger partial charge in [-0.05, 0) is 25.1 Å². The fraction of sp³-hybridized carbons (Fsp3) is 0.154. The molecule has 7 nitrogen and oxygen atoms in total. The van der Waals surface area contributed by atoms with Gasteiger partial charge in [-0.3, -0.25) is 4.79 Å². The van der Waals surface area contributed by atoms with E-state index in [1.54, 1.807) is 13.8 Å². The number of halogens is 1. The van der Waals surface area contributed by atoms with Gasteiger partial charge in [0.1, 0.15) is 5.82 Å². The summed E-state index contributed by atoms with van der Waals surface area (Å²) < 4.78 is 18.7. The normalized spacial score (nSPS) is 11.5. The number of carbonyl (C=O) groups excluding carboxylic acids is 1. The minimum absolute atomic E-state index is 0.0715. The van der Waals surface area contributed by atoms with Gasteiger partial charge in [-0.15, -0.1) is 0 Å². The van der Waals surface area contributed by atoms with E-state index in [0.29, 0.717) is 11.6 Å². The van der Waals surface area contributed by atoms with Gasteiger partial charge in [-0.1, -0.05) is 5.16 Å². The number of benzene rings is 1. The van der Waals surface area contributed by atoms with Gasteiger partial charge in [0.25, 0.3) is 5.91 Å². The maximum Gasteiger partial charge on any atom is 0.293 e. The Bertz CT molecular complexity index is 724. The maximum absolute atomic E-state index is 13.5. The number of amides is 1. The Morgan fingerprint density at radius 3 is 2.76 bits per heavy atom. The number of hydrogen-bond donors (Lipinski definition) is 3. The van der Waals surface area contributed by atoms with Gasteiger partial charge in [0, 0.05) is 12.6 Å². The van der Waals surface area contributed by atoms with E-state index in [9.17, 15) is 9.18 Å². The molecule has 110 valence electrons. The minimum Gasteiger partial charge on any atom is -0.436 e. The van der Waals surface area contributed by atoms with Crippen LogP contribution in [0.25, 0.3) is 0 Å². The number of nitrogens with one attached hydrogen (secondary N) is 1. The Morgan fingerprint density at radius 1 is 1.48 bits per heavy atom. The molecule has 2 aromatic rings. The van der Waals surface area contributed by atoms with Crippen LogP contribution in [0.1, 0.15) is 27.7 Å². The molecule has 8 heteroatoms. The molecule has 4 N–H and O–H groups in total. The average molecular weight is 292 g/mol. The zero-order chi connectivity index (χ0) is 15.6. The summed E-state index contributed by atoms with van der Waals surface area (Å²) in [6, 6.07) is 3.70. The number of aromatic nitrogens is 1. The molecule has 1 aromatic carbocycles. The highest BCUT2D eigenvalue weighted by molar-refractivity contribution is 6.04. The Balaban J connectivity index is 2.28. The lowest BCUT2D eigenvalue weighted by atomic mass is 10.1. The van der Waals surface area contributed by atoms with Crippen molar-refractivity contribution in [2.45, 2.75) is 13.8 Å². The van der Waals surface area contributed by atoms with Crippen LogP contribution in [-0.4, -0.2) is 21.9 Å². The lowest BCUT2D eigenvalue weighted by Gasteiger charge is -2.07. The van der Waals surface area contributed by atoms with Crippen molar-refractivity contribution in [1.82, 2.24) is 4.98 Å². The zero-order valence-electron chi connectivity index (χ0n) is 11.3. The number of aryl methyl sites for hydroxylation is 2. The number of nitrogens with zero attached hydrogens (tertiary/aromatic N) is 2. The van der Waals surface area contributed by atoms with Crippen molar-refractivity contribution in [3.05, 3.63) is 46.9 Å². The monoisotopic (exact) mass is 292 g/mol. The summed E-state index contributed by atoms with van der Waals surface area (Å²) in [5, 5.41) is 13.8. The first kappa shape index (κ1) is 14.5. The van der Waals surface area contributed by atoms with E-state index >= 15 is 0 Å². The first-order valence-electron chi connectivity index (χ1n) is 5.95. The molecule has 0 aliphatic rings. The Labute approximate surface area is 119 Å². The SMILES string of the molecule is Cc1nc(C)c(C(=O)Nc2ccc(F)c(/C(N)=N/O)c2)o1. The van der Waals surface area contributed by atoms with Crippen LogP contribution in [0.2, 0.25) is 0 Å². The number of oxazole rings is 1. The van der Waals surface area contributed by atoms with E-state index in [1.165, 1.54) is 12.1 Å². The van der Waals surface area contributed by atoms with E-state index in [1.807, 2.05) is 0 Å². The second kappa shape index (κ2) is 5.61. The van der Waals surface area contributed by atoms with Crippen molar-refractivity contribution in [2.24, 2.45) is 10.9 Å². The molecule has 1 amide bonds. The van der Waals surface area contributed by atoms with Gasteiger partial charge < -0.3 is 20.7 Å². The molecular formula is C13H13FN4O3. The first-order valence-corrected chi connectivity index (χ1v) is 5.95. The van der Waals surface area contributed by atoms with Crippen LogP contribution in [0, 0.1) is 19.7 Å². The van der Waals surface area contributed by atoms with Crippen LogP contribution >= 0.6 is 0 Å². The fourth-order valence-electron chi connectivity index (χ4n) is 1.78. The molecule has 2 rings (SSSR count). The van der Waals surface area contributed by atoms with Gasteiger partial charge in [0.15, 0.2) is 11.7 Å². The van der Waals surface area contributed by atoms with Crippen molar-refractivity contribution in [3.8, 4) is 0 Å². The summed E-state index contributed by atoms with van der Waals surface area (Å²) in [5.41, 5.74) is 5.95. The molecule has 0 aliphatic heterocycles. The summed E-state index contributed by atoms with van der Waals surface area (Å²) in [6.07, 6.45) is 0. The lowest BCUT2D eigenvalue weighted by molar-refractivity contribution is 0.0994. The molecule has 21 heavy (non-hydrogen) atoms. The fourth-order valence-corrected chi connectivity index (χ4v) is 1.78.